The first kappa shape index (κ1) is 18.7. The van der Waals surface area contributed by atoms with Crippen molar-refractivity contribution in [2.45, 2.75) is 0 Å². The lowest BCUT2D eigenvalue weighted by molar-refractivity contribution is -0.130. The number of carbonyl (C=O) groups is 3. The van der Waals surface area contributed by atoms with Crippen molar-refractivity contribution in [1.29, 1.82) is 0 Å². The Labute approximate surface area is 164 Å². The van der Waals surface area contributed by atoms with E-state index in [0.29, 0.717) is 5.69 Å². The minimum atomic E-state index is -1.21. The topological polar surface area (TPSA) is 99.1 Å². The number of carboxylic acids is 1. The van der Waals surface area contributed by atoms with Crippen molar-refractivity contribution in [3.63, 3.8) is 0 Å². The second kappa shape index (κ2) is 7.65. The van der Waals surface area contributed by atoms with E-state index in [9.17, 15) is 14.4 Å². The summed E-state index contributed by atoms with van der Waals surface area (Å²) in [5.41, 5.74) is 0.639. The van der Waals surface area contributed by atoms with Crippen molar-refractivity contribution >= 4 is 64.3 Å². The van der Waals surface area contributed by atoms with Gasteiger partial charge in [-0.2, -0.15) is 0 Å². The number of aromatic carboxylic acids is 1. The summed E-state index contributed by atoms with van der Waals surface area (Å²) in [4.78, 5) is 41.4. The summed E-state index contributed by atoms with van der Waals surface area (Å²) in [6.45, 7) is 0. The van der Waals surface area contributed by atoms with Crippen molar-refractivity contribution in [1.82, 2.24) is 5.32 Å². The molecule has 2 N–H and O–H groups in total. The van der Waals surface area contributed by atoms with Crippen LogP contribution >= 0.6 is 23.8 Å². The zero-order chi connectivity index (χ0) is 19.6. The van der Waals surface area contributed by atoms with E-state index in [1.54, 1.807) is 30.3 Å². The summed E-state index contributed by atoms with van der Waals surface area (Å²) in [7, 11) is 0. The van der Waals surface area contributed by atoms with E-state index in [1.807, 2.05) is 0 Å². The zero-order valence-electron chi connectivity index (χ0n) is 13.6. The Morgan fingerprint density at radius 2 is 1.93 bits per heavy atom. The van der Waals surface area contributed by atoms with Crippen LogP contribution in [0.2, 0.25) is 5.02 Å². The van der Waals surface area contributed by atoms with Crippen molar-refractivity contribution in [2.24, 2.45) is 10.9 Å². The molecule has 0 spiro atoms. The minimum absolute atomic E-state index is 0.0134. The smallest absolute Gasteiger partial charge is 0.337 e. The minimum Gasteiger partial charge on any atom is -0.478 e. The standard InChI is InChI=1S/C18H12ClN3O4S/c19-14-7-6-10(8-12(14)17(25)26)20-9-13-15(23)21-18(27)22(16(13)24)11-4-2-1-3-5-11/h1-9,13H,(H,25,26)(H,21,23,27)/t13-/m1/s1. The maximum atomic E-state index is 12.8. The van der Waals surface area contributed by atoms with Gasteiger partial charge in [-0.1, -0.05) is 29.8 Å². The third-order valence-electron chi connectivity index (χ3n) is 3.77. The van der Waals surface area contributed by atoms with E-state index in [1.165, 1.54) is 23.1 Å². The second-order valence-corrected chi connectivity index (χ2v) is 6.32. The molecule has 1 atom stereocenters. The quantitative estimate of drug-likeness (QED) is 0.466. The summed E-state index contributed by atoms with van der Waals surface area (Å²) in [5, 5.41) is 11.6. The molecule has 1 aliphatic rings. The summed E-state index contributed by atoms with van der Waals surface area (Å²) in [6.07, 6.45) is 1.16. The number of hydrogen-bond donors (Lipinski definition) is 2. The van der Waals surface area contributed by atoms with Crippen LogP contribution in [-0.2, 0) is 9.59 Å². The number of aliphatic imine (C=N–C) groups is 1. The molecule has 1 saturated heterocycles. The van der Waals surface area contributed by atoms with Crippen LogP contribution < -0.4 is 10.2 Å². The largest absolute Gasteiger partial charge is 0.478 e. The molecule has 0 aliphatic carbocycles. The molecule has 1 aliphatic heterocycles. The summed E-state index contributed by atoms with van der Waals surface area (Å²) in [6, 6.07) is 12.8. The predicted molar refractivity (Wildman–Crippen MR) is 105 cm³/mol. The molecule has 1 heterocycles. The van der Waals surface area contributed by atoms with Crippen LogP contribution in [0.3, 0.4) is 0 Å². The Hall–Kier alpha value is -3.10. The highest BCUT2D eigenvalue weighted by Crippen LogP contribution is 2.24. The van der Waals surface area contributed by atoms with Crippen molar-refractivity contribution in [3.8, 4) is 0 Å². The van der Waals surface area contributed by atoms with E-state index in [0.717, 1.165) is 6.21 Å². The first-order chi connectivity index (χ1) is 12.9. The van der Waals surface area contributed by atoms with E-state index in [2.05, 4.69) is 10.3 Å². The third kappa shape index (κ3) is 3.86. The maximum Gasteiger partial charge on any atom is 0.337 e. The van der Waals surface area contributed by atoms with Crippen LogP contribution in [0.25, 0.3) is 0 Å². The first-order valence-electron chi connectivity index (χ1n) is 7.69. The molecule has 0 saturated carbocycles. The number of carboxylic acid groups (broad SMARTS) is 1. The summed E-state index contributed by atoms with van der Waals surface area (Å²) >= 11 is 10.9. The van der Waals surface area contributed by atoms with Crippen molar-refractivity contribution in [2.75, 3.05) is 4.90 Å². The van der Waals surface area contributed by atoms with Gasteiger partial charge in [-0.25, -0.2) is 4.79 Å². The highest BCUT2D eigenvalue weighted by Gasteiger charge is 2.38. The zero-order valence-corrected chi connectivity index (χ0v) is 15.2. The second-order valence-electron chi connectivity index (χ2n) is 5.53. The molecule has 27 heavy (non-hydrogen) atoms. The number of nitrogens with one attached hydrogen (secondary N) is 1. The Kier molecular flexibility index (Phi) is 5.29. The van der Waals surface area contributed by atoms with Gasteiger partial charge in [-0.3, -0.25) is 19.5 Å². The number of anilines is 1. The van der Waals surface area contributed by atoms with Crippen LogP contribution in [0.1, 0.15) is 10.4 Å². The summed E-state index contributed by atoms with van der Waals surface area (Å²) in [5.74, 6) is -3.57. The number of nitrogens with zero attached hydrogens (tertiary/aromatic N) is 2. The number of carbonyl (C=O) groups excluding carboxylic acids is 2. The molecule has 7 nitrogen and oxygen atoms in total. The van der Waals surface area contributed by atoms with Crippen LogP contribution in [0.15, 0.2) is 53.5 Å². The highest BCUT2D eigenvalue weighted by atomic mass is 35.5. The number of benzene rings is 2. The Morgan fingerprint density at radius 3 is 2.59 bits per heavy atom. The molecule has 0 bridgehead atoms. The number of hydrogen-bond acceptors (Lipinski definition) is 5. The average Bonchev–Trinajstić information content (AvgIpc) is 2.63. The highest BCUT2D eigenvalue weighted by molar-refractivity contribution is 7.80. The molecule has 0 aromatic heterocycles. The average molecular weight is 402 g/mol. The lowest BCUT2D eigenvalue weighted by atomic mass is 10.1. The molecular formula is C18H12ClN3O4S. The Morgan fingerprint density at radius 1 is 1.22 bits per heavy atom. The monoisotopic (exact) mass is 401 g/mol. The molecule has 136 valence electrons. The van der Waals surface area contributed by atoms with Gasteiger partial charge in [0.05, 0.1) is 22.0 Å². The molecular weight excluding hydrogens is 390 g/mol. The van der Waals surface area contributed by atoms with Crippen molar-refractivity contribution in [3.05, 3.63) is 59.1 Å². The van der Waals surface area contributed by atoms with Crippen LogP contribution in [0.5, 0.6) is 0 Å². The van der Waals surface area contributed by atoms with Crippen molar-refractivity contribution < 1.29 is 19.5 Å². The number of thiocarbonyl (C=S) groups is 1. The van der Waals surface area contributed by atoms with Gasteiger partial charge in [-0.15, -0.1) is 0 Å². The normalized spacial score (nSPS) is 17.3. The number of para-hydroxylation sites is 1. The van der Waals surface area contributed by atoms with Gasteiger partial charge in [0.15, 0.2) is 11.0 Å². The van der Waals surface area contributed by atoms with Crippen LogP contribution in [0.4, 0.5) is 11.4 Å². The van der Waals surface area contributed by atoms with E-state index in [-0.39, 0.29) is 21.4 Å². The summed E-state index contributed by atoms with van der Waals surface area (Å²) < 4.78 is 0. The van der Waals surface area contributed by atoms with Gasteiger partial charge in [0.25, 0.3) is 5.91 Å². The fourth-order valence-electron chi connectivity index (χ4n) is 2.46. The van der Waals surface area contributed by atoms with E-state index >= 15 is 0 Å². The molecule has 0 unspecified atom stereocenters. The third-order valence-corrected chi connectivity index (χ3v) is 4.38. The van der Waals surface area contributed by atoms with Crippen LogP contribution in [-0.4, -0.2) is 34.2 Å². The van der Waals surface area contributed by atoms with Gasteiger partial charge in [0.2, 0.25) is 5.91 Å². The lowest BCUT2D eigenvalue weighted by Crippen LogP contribution is -2.58. The number of halogens is 1. The number of amides is 2. The molecule has 2 aromatic carbocycles. The first-order valence-corrected chi connectivity index (χ1v) is 8.48. The van der Waals surface area contributed by atoms with Crippen LogP contribution in [0, 0.1) is 5.92 Å². The predicted octanol–water partition coefficient (Wildman–Crippen LogP) is 2.80. The van der Waals surface area contributed by atoms with Gasteiger partial charge >= 0.3 is 5.97 Å². The molecule has 3 rings (SSSR count). The molecule has 1 fully saturated rings. The fourth-order valence-corrected chi connectivity index (χ4v) is 2.96. The Bertz CT molecular complexity index is 978. The molecule has 2 aromatic rings. The van der Waals surface area contributed by atoms with E-state index < -0.39 is 23.7 Å². The Balaban J connectivity index is 1.89. The SMILES string of the molecule is O=C(O)c1cc(N=C[C@@H]2C(=O)NC(=S)N(c3ccccc3)C2=O)ccc1Cl. The van der Waals surface area contributed by atoms with E-state index in [4.69, 9.17) is 28.9 Å². The van der Waals surface area contributed by atoms with Gasteiger partial charge in [0.1, 0.15) is 0 Å². The molecule has 2 amide bonds. The fraction of sp³-hybridized carbons (Fsp3) is 0.0556. The number of rotatable bonds is 4. The van der Waals surface area contributed by atoms with Gasteiger partial charge < -0.3 is 10.4 Å². The van der Waals surface area contributed by atoms with Gasteiger partial charge in [-0.05, 0) is 42.5 Å². The molecule has 0 radical (unpaired) electrons. The lowest BCUT2D eigenvalue weighted by Gasteiger charge is -2.30. The maximum absolute atomic E-state index is 12.8. The molecule has 9 heteroatoms. The van der Waals surface area contributed by atoms with Gasteiger partial charge in [0, 0.05) is 6.21 Å².